The van der Waals surface area contributed by atoms with Crippen LogP contribution in [0.4, 0.5) is 10.8 Å². The highest BCUT2D eigenvalue weighted by atomic mass is 32.2. The first kappa shape index (κ1) is 20.9. The Morgan fingerprint density at radius 3 is 2.55 bits per heavy atom. The van der Waals surface area contributed by atoms with Crippen molar-refractivity contribution in [3.8, 4) is 0 Å². The minimum atomic E-state index is -0.417. The highest BCUT2D eigenvalue weighted by molar-refractivity contribution is 8.00. The van der Waals surface area contributed by atoms with Crippen LogP contribution in [0.15, 0.2) is 35.5 Å². The largest absolute Gasteiger partial charge is 0.326 e. The molecule has 0 bridgehead atoms. The zero-order chi connectivity index (χ0) is 20.8. The summed E-state index contributed by atoms with van der Waals surface area (Å²) in [5.74, 6) is 0.184. The first-order valence-electron chi connectivity index (χ1n) is 9.01. The third-order valence-electron chi connectivity index (χ3n) is 3.89. The van der Waals surface area contributed by atoms with Crippen molar-refractivity contribution in [2.75, 3.05) is 10.6 Å². The number of aromatic nitrogens is 5. The second kappa shape index (κ2) is 9.61. The summed E-state index contributed by atoms with van der Waals surface area (Å²) in [4.78, 5) is 24.7. The molecule has 0 aliphatic rings. The Hall–Kier alpha value is -2.79. The van der Waals surface area contributed by atoms with Gasteiger partial charge in [0.25, 0.3) is 0 Å². The fraction of sp³-hybridized carbons (Fsp3) is 0.333. The fourth-order valence-corrected chi connectivity index (χ4v) is 4.02. The summed E-state index contributed by atoms with van der Waals surface area (Å²) in [7, 11) is 0. The molecule has 1 aromatic carbocycles. The van der Waals surface area contributed by atoms with Crippen LogP contribution in [0.2, 0.25) is 0 Å². The fourth-order valence-electron chi connectivity index (χ4n) is 2.49. The van der Waals surface area contributed by atoms with Gasteiger partial charge in [0.15, 0.2) is 5.16 Å². The number of nitrogens with one attached hydrogen (secondary N) is 2. The smallest absolute Gasteiger partial charge is 0.239 e. The zero-order valence-electron chi connectivity index (χ0n) is 16.2. The van der Waals surface area contributed by atoms with E-state index in [1.807, 2.05) is 48.7 Å². The molecule has 2 amide bonds. The van der Waals surface area contributed by atoms with Gasteiger partial charge in [-0.15, -0.1) is 20.4 Å². The number of para-hydroxylation sites is 1. The van der Waals surface area contributed by atoms with E-state index in [2.05, 4.69) is 31.0 Å². The van der Waals surface area contributed by atoms with Gasteiger partial charge in [-0.05, 0) is 32.9 Å². The molecule has 0 aliphatic carbocycles. The third kappa shape index (κ3) is 5.61. The van der Waals surface area contributed by atoms with Gasteiger partial charge in [-0.25, -0.2) is 0 Å². The summed E-state index contributed by atoms with van der Waals surface area (Å²) in [6.45, 7) is 6.14. The summed E-state index contributed by atoms with van der Waals surface area (Å²) >= 11 is 2.60. The molecule has 9 nitrogen and oxygen atoms in total. The van der Waals surface area contributed by atoms with Crippen molar-refractivity contribution in [2.24, 2.45) is 0 Å². The van der Waals surface area contributed by atoms with Crippen LogP contribution in [0.3, 0.4) is 0 Å². The van der Waals surface area contributed by atoms with Crippen molar-refractivity contribution in [3.63, 3.8) is 0 Å². The van der Waals surface area contributed by atoms with Gasteiger partial charge in [0.05, 0.1) is 11.7 Å². The number of amides is 2. The molecule has 0 spiro atoms. The molecule has 152 valence electrons. The Morgan fingerprint density at radius 1 is 1.14 bits per heavy atom. The van der Waals surface area contributed by atoms with Crippen LogP contribution in [0, 0.1) is 6.92 Å². The van der Waals surface area contributed by atoms with Gasteiger partial charge in [0.1, 0.15) is 10.8 Å². The van der Waals surface area contributed by atoms with Crippen molar-refractivity contribution in [3.05, 3.63) is 41.2 Å². The number of thioether (sulfide) groups is 1. The van der Waals surface area contributed by atoms with Crippen LogP contribution < -0.4 is 10.6 Å². The molecule has 0 saturated carbocycles. The lowest BCUT2D eigenvalue weighted by Gasteiger charge is -2.11. The molecule has 1 atom stereocenters. The van der Waals surface area contributed by atoms with Crippen molar-refractivity contribution in [2.45, 2.75) is 44.1 Å². The molecule has 3 aromatic rings. The third-order valence-corrected chi connectivity index (χ3v) is 5.73. The van der Waals surface area contributed by atoms with E-state index in [-0.39, 0.29) is 18.2 Å². The topological polar surface area (TPSA) is 115 Å². The number of anilines is 2. The van der Waals surface area contributed by atoms with Crippen LogP contribution >= 0.6 is 23.1 Å². The van der Waals surface area contributed by atoms with Gasteiger partial charge >= 0.3 is 0 Å². The lowest BCUT2D eigenvalue weighted by atomic mass is 10.3. The normalized spacial score (nSPS) is 11.8. The van der Waals surface area contributed by atoms with E-state index < -0.39 is 5.25 Å². The summed E-state index contributed by atoms with van der Waals surface area (Å²) < 4.78 is 1.84. The van der Waals surface area contributed by atoms with Crippen LogP contribution in [-0.4, -0.2) is 42.0 Å². The standard InChI is InChI=1S/C18H21N7O2S2/c1-4-25-14(10-15(26)19-13-8-6-5-7-9-13)22-24-18(25)28-11(2)16(27)20-17-23-21-12(3)29-17/h5-9,11H,4,10H2,1-3H3,(H,19,26)(H,20,23,27)/t11-/m1/s1. The van der Waals surface area contributed by atoms with Gasteiger partial charge in [-0.1, -0.05) is 41.3 Å². The Labute approximate surface area is 176 Å². The van der Waals surface area contributed by atoms with Crippen molar-refractivity contribution < 1.29 is 9.59 Å². The monoisotopic (exact) mass is 431 g/mol. The van der Waals surface area contributed by atoms with E-state index in [0.717, 1.165) is 10.7 Å². The highest BCUT2D eigenvalue weighted by Crippen LogP contribution is 2.24. The number of benzene rings is 1. The van der Waals surface area contributed by atoms with Gasteiger partial charge in [-0.2, -0.15) is 0 Å². The number of rotatable bonds is 8. The molecule has 0 saturated heterocycles. The van der Waals surface area contributed by atoms with Crippen LogP contribution in [-0.2, 0) is 22.6 Å². The maximum atomic E-state index is 12.4. The molecule has 29 heavy (non-hydrogen) atoms. The average Bonchev–Trinajstić information content (AvgIpc) is 3.27. The van der Waals surface area contributed by atoms with E-state index in [9.17, 15) is 9.59 Å². The molecule has 11 heteroatoms. The minimum absolute atomic E-state index is 0.0981. The number of aryl methyl sites for hydroxylation is 1. The molecule has 0 radical (unpaired) electrons. The van der Waals surface area contributed by atoms with E-state index in [1.54, 1.807) is 6.92 Å². The molecule has 2 aromatic heterocycles. The molecule has 0 aliphatic heterocycles. The van der Waals surface area contributed by atoms with Crippen LogP contribution in [0.5, 0.6) is 0 Å². The second-order valence-electron chi connectivity index (χ2n) is 6.11. The average molecular weight is 432 g/mol. The van der Waals surface area contributed by atoms with E-state index in [0.29, 0.717) is 22.7 Å². The molecular formula is C18H21N7O2S2. The SMILES string of the molecule is CCn1c(CC(=O)Nc2ccccc2)nnc1S[C@H](C)C(=O)Nc1nnc(C)s1. The number of carbonyl (C=O) groups excluding carboxylic acids is 2. The zero-order valence-corrected chi connectivity index (χ0v) is 17.9. The van der Waals surface area contributed by atoms with Crippen molar-refractivity contribution in [1.29, 1.82) is 0 Å². The highest BCUT2D eigenvalue weighted by Gasteiger charge is 2.21. The molecule has 0 unspecified atom stereocenters. The predicted octanol–water partition coefficient (Wildman–Crippen LogP) is 2.76. The number of hydrogen-bond acceptors (Lipinski definition) is 8. The van der Waals surface area contributed by atoms with Gasteiger partial charge in [-0.3, -0.25) is 14.9 Å². The lowest BCUT2D eigenvalue weighted by molar-refractivity contribution is -0.116. The van der Waals surface area contributed by atoms with Crippen LogP contribution in [0.1, 0.15) is 24.7 Å². The molecule has 2 N–H and O–H groups in total. The first-order chi connectivity index (χ1) is 14.0. The van der Waals surface area contributed by atoms with Crippen LogP contribution in [0.25, 0.3) is 0 Å². The molecule has 2 heterocycles. The molecule has 3 rings (SSSR count). The Balaban J connectivity index is 1.62. The maximum Gasteiger partial charge on any atom is 0.239 e. The van der Waals surface area contributed by atoms with Gasteiger partial charge in [0, 0.05) is 12.2 Å². The Morgan fingerprint density at radius 2 is 1.90 bits per heavy atom. The number of nitrogens with zero attached hydrogens (tertiary/aromatic N) is 5. The van der Waals surface area contributed by atoms with Gasteiger partial charge in [0.2, 0.25) is 16.9 Å². The molecule has 0 fully saturated rings. The lowest BCUT2D eigenvalue weighted by Crippen LogP contribution is -2.23. The number of carbonyl (C=O) groups is 2. The summed E-state index contributed by atoms with van der Waals surface area (Å²) in [5.41, 5.74) is 0.729. The van der Waals surface area contributed by atoms with E-state index >= 15 is 0 Å². The first-order valence-corrected chi connectivity index (χ1v) is 10.7. The van der Waals surface area contributed by atoms with Crippen molar-refractivity contribution in [1.82, 2.24) is 25.0 Å². The summed E-state index contributed by atoms with van der Waals surface area (Å²) in [6.07, 6.45) is 0.0981. The van der Waals surface area contributed by atoms with Gasteiger partial charge < -0.3 is 9.88 Å². The molecular weight excluding hydrogens is 410 g/mol. The van der Waals surface area contributed by atoms with E-state index in [4.69, 9.17) is 0 Å². The Kier molecular flexibility index (Phi) is 6.94. The van der Waals surface area contributed by atoms with E-state index in [1.165, 1.54) is 23.1 Å². The second-order valence-corrected chi connectivity index (χ2v) is 8.60. The summed E-state index contributed by atoms with van der Waals surface area (Å²) in [6, 6.07) is 9.24. The Bertz CT molecular complexity index is 987. The summed E-state index contributed by atoms with van der Waals surface area (Å²) in [5, 5.41) is 23.1. The number of hydrogen-bond donors (Lipinski definition) is 2. The minimum Gasteiger partial charge on any atom is -0.326 e. The maximum absolute atomic E-state index is 12.4. The quantitative estimate of drug-likeness (QED) is 0.527. The van der Waals surface area contributed by atoms with Crippen molar-refractivity contribution >= 4 is 45.7 Å². The predicted molar refractivity (Wildman–Crippen MR) is 113 cm³/mol.